The molecular weight excluding hydrogens is 358 g/mol. The quantitative estimate of drug-likeness (QED) is 0.745. The summed E-state index contributed by atoms with van der Waals surface area (Å²) in [5, 5.41) is 11.5. The minimum absolute atomic E-state index is 0.0202. The van der Waals surface area contributed by atoms with Gasteiger partial charge in [-0.15, -0.1) is 0 Å². The van der Waals surface area contributed by atoms with Gasteiger partial charge in [0.15, 0.2) is 5.69 Å². The molecular formula is C18H20F2N4O3. The molecule has 27 heavy (non-hydrogen) atoms. The zero-order valence-corrected chi connectivity index (χ0v) is 14.7. The summed E-state index contributed by atoms with van der Waals surface area (Å²) in [6.07, 6.45) is 4.73. The normalized spacial score (nSPS) is 19.5. The van der Waals surface area contributed by atoms with Crippen LogP contribution in [0.4, 0.5) is 14.5 Å². The molecule has 3 rings (SSSR count). The van der Waals surface area contributed by atoms with Crippen LogP contribution >= 0.6 is 0 Å². The predicted octanol–water partition coefficient (Wildman–Crippen LogP) is 2.63. The van der Waals surface area contributed by atoms with E-state index in [2.05, 4.69) is 20.8 Å². The molecule has 3 N–H and O–H groups in total. The van der Waals surface area contributed by atoms with Crippen molar-refractivity contribution in [2.75, 3.05) is 12.4 Å². The molecule has 1 fully saturated rings. The Morgan fingerprint density at radius 3 is 2.44 bits per heavy atom. The molecule has 0 atom stereocenters. The summed E-state index contributed by atoms with van der Waals surface area (Å²) in [5.41, 5.74) is -0.720. The van der Waals surface area contributed by atoms with E-state index in [1.165, 1.54) is 6.20 Å². The van der Waals surface area contributed by atoms with Crippen molar-refractivity contribution < 1.29 is 23.1 Å². The van der Waals surface area contributed by atoms with Gasteiger partial charge >= 0.3 is 0 Å². The number of nitrogens with zero attached hydrogens (tertiary/aromatic N) is 1. The number of benzene rings is 1. The maximum absolute atomic E-state index is 13.7. The minimum atomic E-state index is -0.998. The standard InChI is InChI=1S/C18H20F2N4O3/c1-27-11-7-5-10(6-8-11)22-18(26)16-14(9-21-24-16)23-17(25)15-12(19)3-2-4-13(15)20/h2-4,9-11H,5-8H2,1H3,(H,21,24)(H,22,26)(H,23,25). The van der Waals surface area contributed by atoms with E-state index in [0.717, 1.165) is 43.9 Å². The van der Waals surface area contributed by atoms with E-state index in [1.807, 2.05) is 0 Å². The van der Waals surface area contributed by atoms with Gasteiger partial charge in [-0.3, -0.25) is 14.7 Å². The van der Waals surface area contributed by atoms with E-state index in [-0.39, 0.29) is 23.5 Å². The first-order valence-electron chi connectivity index (χ1n) is 8.62. The highest BCUT2D eigenvalue weighted by atomic mass is 19.1. The van der Waals surface area contributed by atoms with Gasteiger partial charge in [0, 0.05) is 19.3 Å². The highest BCUT2D eigenvalue weighted by molar-refractivity contribution is 6.08. The number of carbonyl (C=O) groups is 2. The molecule has 1 saturated carbocycles. The lowest BCUT2D eigenvalue weighted by atomic mass is 9.93. The first kappa shape index (κ1) is 19.0. The van der Waals surface area contributed by atoms with Crippen LogP contribution in [0.15, 0.2) is 24.4 Å². The lowest BCUT2D eigenvalue weighted by Gasteiger charge is -2.28. The number of rotatable bonds is 5. The molecule has 144 valence electrons. The Kier molecular flexibility index (Phi) is 5.80. The molecule has 0 bridgehead atoms. The van der Waals surface area contributed by atoms with E-state index in [4.69, 9.17) is 4.74 Å². The maximum Gasteiger partial charge on any atom is 0.274 e. The van der Waals surface area contributed by atoms with Gasteiger partial charge in [0.2, 0.25) is 0 Å². The van der Waals surface area contributed by atoms with Crippen LogP contribution in [0, 0.1) is 11.6 Å². The van der Waals surface area contributed by atoms with Gasteiger partial charge in [-0.25, -0.2) is 8.78 Å². The molecule has 2 amide bonds. The van der Waals surface area contributed by atoms with Crippen molar-refractivity contribution >= 4 is 17.5 Å². The fraction of sp³-hybridized carbons (Fsp3) is 0.389. The number of hydrogen-bond acceptors (Lipinski definition) is 4. The van der Waals surface area contributed by atoms with Gasteiger partial charge in [0.1, 0.15) is 17.2 Å². The average molecular weight is 378 g/mol. The first-order chi connectivity index (χ1) is 13.0. The number of aromatic amines is 1. The van der Waals surface area contributed by atoms with Crippen molar-refractivity contribution in [1.29, 1.82) is 0 Å². The van der Waals surface area contributed by atoms with Crippen molar-refractivity contribution in [2.45, 2.75) is 37.8 Å². The number of halogens is 2. The molecule has 0 aliphatic heterocycles. The smallest absolute Gasteiger partial charge is 0.274 e. The van der Waals surface area contributed by atoms with Crippen molar-refractivity contribution in [1.82, 2.24) is 15.5 Å². The van der Waals surface area contributed by atoms with Crippen LogP contribution in [-0.2, 0) is 4.74 Å². The molecule has 9 heteroatoms. The molecule has 1 aromatic heterocycles. The monoisotopic (exact) mass is 378 g/mol. The van der Waals surface area contributed by atoms with E-state index < -0.39 is 29.0 Å². The summed E-state index contributed by atoms with van der Waals surface area (Å²) in [7, 11) is 1.67. The van der Waals surface area contributed by atoms with Crippen LogP contribution in [0.25, 0.3) is 0 Å². The fourth-order valence-corrected chi connectivity index (χ4v) is 3.15. The Balaban J connectivity index is 1.67. The highest BCUT2D eigenvalue weighted by Gasteiger charge is 2.25. The molecule has 0 saturated heterocycles. The number of nitrogens with one attached hydrogen (secondary N) is 3. The van der Waals surface area contributed by atoms with Crippen LogP contribution in [-0.4, -0.2) is 41.3 Å². The molecule has 0 spiro atoms. The van der Waals surface area contributed by atoms with Crippen molar-refractivity contribution in [3.8, 4) is 0 Å². The molecule has 1 aliphatic rings. The third-order valence-corrected chi connectivity index (χ3v) is 4.64. The Hall–Kier alpha value is -2.81. The van der Waals surface area contributed by atoms with Crippen LogP contribution in [0.1, 0.15) is 46.5 Å². The zero-order valence-electron chi connectivity index (χ0n) is 14.7. The first-order valence-corrected chi connectivity index (χ1v) is 8.62. The predicted molar refractivity (Wildman–Crippen MR) is 93.4 cm³/mol. The topological polar surface area (TPSA) is 96.1 Å². The Bertz CT molecular complexity index is 812. The van der Waals surface area contributed by atoms with Gasteiger partial charge in [-0.05, 0) is 37.8 Å². The number of ether oxygens (including phenoxy) is 1. The molecule has 1 heterocycles. The largest absolute Gasteiger partial charge is 0.381 e. The average Bonchev–Trinajstić information content (AvgIpc) is 3.10. The number of anilines is 1. The lowest BCUT2D eigenvalue weighted by Crippen LogP contribution is -2.39. The second-order valence-electron chi connectivity index (χ2n) is 6.38. The van der Waals surface area contributed by atoms with Gasteiger partial charge < -0.3 is 15.4 Å². The van der Waals surface area contributed by atoms with Crippen LogP contribution in [0.2, 0.25) is 0 Å². The SMILES string of the molecule is COC1CCC(NC(=O)c2n[nH]cc2NC(=O)c2c(F)cccc2F)CC1. The van der Waals surface area contributed by atoms with E-state index in [0.29, 0.717) is 0 Å². The lowest BCUT2D eigenvalue weighted by molar-refractivity contribution is 0.0598. The highest BCUT2D eigenvalue weighted by Crippen LogP contribution is 2.22. The van der Waals surface area contributed by atoms with E-state index in [1.54, 1.807) is 7.11 Å². The van der Waals surface area contributed by atoms with Gasteiger partial charge in [-0.2, -0.15) is 5.10 Å². The maximum atomic E-state index is 13.7. The van der Waals surface area contributed by atoms with Crippen LogP contribution in [0.3, 0.4) is 0 Å². The van der Waals surface area contributed by atoms with Crippen molar-refractivity contribution in [2.24, 2.45) is 0 Å². The Morgan fingerprint density at radius 1 is 1.15 bits per heavy atom. The van der Waals surface area contributed by atoms with Crippen LogP contribution in [0.5, 0.6) is 0 Å². The van der Waals surface area contributed by atoms with Gasteiger partial charge in [0.25, 0.3) is 11.8 Å². The Labute approximate surface area is 154 Å². The summed E-state index contributed by atoms with van der Waals surface area (Å²) < 4.78 is 32.8. The number of carbonyl (C=O) groups excluding carboxylic acids is 2. The number of amides is 2. The van der Waals surface area contributed by atoms with E-state index >= 15 is 0 Å². The summed E-state index contributed by atoms with van der Waals surface area (Å²) >= 11 is 0. The molecule has 7 nitrogen and oxygen atoms in total. The number of H-pyrrole nitrogens is 1. The number of methoxy groups -OCH3 is 1. The molecule has 1 aromatic carbocycles. The number of hydrogen-bond donors (Lipinski definition) is 3. The number of aromatic nitrogens is 2. The fourth-order valence-electron chi connectivity index (χ4n) is 3.15. The van der Waals surface area contributed by atoms with Crippen molar-refractivity contribution in [3.05, 3.63) is 47.3 Å². The van der Waals surface area contributed by atoms with Crippen LogP contribution < -0.4 is 10.6 Å². The van der Waals surface area contributed by atoms with Gasteiger partial charge in [-0.1, -0.05) is 6.07 Å². The molecule has 0 unspecified atom stereocenters. The second-order valence-corrected chi connectivity index (χ2v) is 6.38. The van der Waals surface area contributed by atoms with E-state index in [9.17, 15) is 18.4 Å². The molecule has 1 aliphatic carbocycles. The Morgan fingerprint density at radius 2 is 1.81 bits per heavy atom. The molecule has 2 aromatic rings. The summed E-state index contributed by atoms with van der Waals surface area (Å²) in [4.78, 5) is 24.7. The second kappa shape index (κ2) is 8.26. The third-order valence-electron chi connectivity index (χ3n) is 4.64. The summed E-state index contributed by atoms with van der Waals surface area (Å²) in [5.74, 6) is -3.45. The molecule has 0 radical (unpaired) electrons. The minimum Gasteiger partial charge on any atom is -0.381 e. The van der Waals surface area contributed by atoms with Gasteiger partial charge in [0.05, 0.1) is 11.8 Å². The third kappa shape index (κ3) is 4.30. The summed E-state index contributed by atoms with van der Waals surface area (Å²) in [6, 6.07) is 3.11. The summed E-state index contributed by atoms with van der Waals surface area (Å²) in [6.45, 7) is 0. The van der Waals surface area contributed by atoms with Crippen molar-refractivity contribution in [3.63, 3.8) is 0 Å². The zero-order chi connectivity index (χ0) is 19.4.